The van der Waals surface area contributed by atoms with E-state index in [4.69, 9.17) is 4.98 Å². The van der Waals surface area contributed by atoms with Gasteiger partial charge in [-0.3, -0.25) is 4.79 Å². The number of nitrogens with one attached hydrogen (secondary N) is 1. The van der Waals surface area contributed by atoms with E-state index in [0.29, 0.717) is 6.04 Å². The Balaban J connectivity index is 1.48. The summed E-state index contributed by atoms with van der Waals surface area (Å²) in [5.41, 5.74) is 2.22. The molecule has 0 unspecified atom stereocenters. The minimum atomic E-state index is 0.0984. The average Bonchev–Trinajstić information content (AvgIpc) is 3.09. The molecule has 1 aromatic carbocycles. The van der Waals surface area contributed by atoms with E-state index in [1.165, 1.54) is 5.56 Å². The molecule has 0 spiro atoms. The average molecular weight is 343 g/mol. The maximum Gasteiger partial charge on any atom is 0.225 e. The monoisotopic (exact) mass is 343 g/mol. The zero-order chi connectivity index (χ0) is 16.9. The Labute approximate surface area is 147 Å². The van der Waals surface area contributed by atoms with Gasteiger partial charge in [-0.1, -0.05) is 44.2 Å². The lowest BCUT2D eigenvalue weighted by atomic mass is 10.0. The van der Waals surface area contributed by atoms with Crippen molar-refractivity contribution in [3.8, 4) is 11.3 Å². The molecule has 1 fully saturated rings. The Morgan fingerprint density at radius 2 is 2.00 bits per heavy atom. The van der Waals surface area contributed by atoms with Crippen molar-refractivity contribution in [1.82, 2.24) is 15.2 Å². The highest BCUT2D eigenvalue weighted by atomic mass is 32.1. The Kier molecular flexibility index (Phi) is 5.63. The molecule has 1 aliphatic heterocycles. The van der Waals surface area contributed by atoms with Crippen LogP contribution in [0.1, 0.15) is 31.7 Å². The molecular weight excluding hydrogens is 318 g/mol. The van der Waals surface area contributed by atoms with E-state index in [-0.39, 0.29) is 11.8 Å². The SMILES string of the molecule is CC(C)C(=O)N1CCC(NCc2nc(-c3ccccc3)cs2)CC1. The van der Waals surface area contributed by atoms with E-state index in [2.05, 4.69) is 22.8 Å². The van der Waals surface area contributed by atoms with E-state index in [9.17, 15) is 4.79 Å². The van der Waals surface area contributed by atoms with Crippen LogP contribution in [0.3, 0.4) is 0 Å². The molecule has 24 heavy (non-hydrogen) atoms. The lowest BCUT2D eigenvalue weighted by Crippen LogP contribution is -2.45. The summed E-state index contributed by atoms with van der Waals surface area (Å²) in [4.78, 5) is 18.7. The van der Waals surface area contributed by atoms with Crippen molar-refractivity contribution in [2.45, 2.75) is 39.3 Å². The van der Waals surface area contributed by atoms with Gasteiger partial charge >= 0.3 is 0 Å². The Morgan fingerprint density at radius 1 is 1.29 bits per heavy atom. The topological polar surface area (TPSA) is 45.2 Å². The number of amides is 1. The summed E-state index contributed by atoms with van der Waals surface area (Å²) >= 11 is 1.70. The molecule has 0 atom stereocenters. The fourth-order valence-corrected chi connectivity index (χ4v) is 3.79. The fraction of sp³-hybridized carbons (Fsp3) is 0.474. The molecule has 3 rings (SSSR count). The number of carbonyl (C=O) groups excluding carboxylic acids is 1. The predicted molar refractivity (Wildman–Crippen MR) is 98.8 cm³/mol. The van der Waals surface area contributed by atoms with Gasteiger partial charge in [0.2, 0.25) is 5.91 Å². The molecule has 1 amide bonds. The molecular formula is C19H25N3OS. The lowest BCUT2D eigenvalue weighted by Gasteiger charge is -2.33. The van der Waals surface area contributed by atoms with E-state index >= 15 is 0 Å². The van der Waals surface area contributed by atoms with Crippen LogP contribution in [0.4, 0.5) is 0 Å². The maximum absolute atomic E-state index is 12.0. The first-order chi connectivity index (χ1) is 11.6. The van der Waals surface area contributed by atoms with Crippen LogP contribution in [0, 0.1) is 5.92 Å². The van der Waals surface area contributed by atoms with Crippen LogP contribution >= 0.6 is 11.3 Å². The largest absolute Gasteiger partial charge is 0.342 e. The molecule has 2 aromatic rings. The Hall–Kier alpha value is -1.72. The van der Waals surface area contributed by atoms with Gasteiger partial charge in [-0.2, -0.15) is 0 Å². The van der Waals surface area contributed by atoms with Gasteiger partial charge in [0.1, 0.15) is 5.01 Å². The highest BCUT2D eigenvalue weighted by Crippen LogP contribution is 2.22. The third-order valence-corrected chi connectivity index (χ3v) is 5.31. The van der Waals surface area contributed by atoms with Crippen LogP contribution in [0.15, 0.2) is 35.7 Å². The zero-order valence-corrected chi connectivity index (χ0v) is 15.2. The minimum absolute atomic E-state index is 0.0984. The summed E-state index contributed by atoms with van der Waals surface area (Å²) in [6, 6.07) is 10.8. The number of likely N-dealkylation sites (tertiary alicyclic amines) is 1. The number of benzene rings is 1. The molecule has 1 N–H and O–H groups in total. The molecule has 128 valence electrons. The lowest BCUT2D eigenvalue weighted by molar-refractivity contribution is -0.135. The highest BCUT2D eigenvalue weighted by molar-refractivity contribution is 7.09. The quantitative estimate of drug-likeness (QED) is 0.903. The number of thiazole rings is 1. The molecule has 1 aromatic heterocycles. The Morgan fingerprint density at radius 3 is 2.67 bits per heavy atom. The maximum atomic E-state index is 12.0. The molecule has 0 bridgehead atoms. The van der Waals surface area contributed by atoms with Gasteiger partial charge in [0.05, 0.1) is 5.69 Å². The van der Waals surface area contributed by atoms with Crippen molar-refractivity contribution in [1.29, 1.82) is 0 Å². The summed E-state index contributed by atoms with van der Waals surface area (Å²) in [6.07, 6.45) is 2.05. The third-order valence-electron chi connectivity index (χ3n) is 4.46. The second-order valence-corrected chi connectivity index (χ2v) is 7.57. The number of aromatic nitrogens is 1. The molecule has 0 aliphatic carbocycles. The molecule has 1 saturated heterocycles. The third kappa shape index (κ3) is 4.22. The van der Waals surface area contributed by atoms with Crippen LogP contribution in [0.25, 0.3) is 11.3 Å². The number of hydrogen-bond acceptors (Lipinski definition) is 4. The van der Waals surface area contributed by atoms with Crippen LogP contribution in [-0.4, -0.2) is 34.9 Å². The van der Waals surface area contributed by atoms with Gasteiger partial charge in [-0.15, -0.1) is 11.3 Å². The zero-order valence-electron chi connectivity index (χ0n) is 14.4. The summed E-state index contributed by atoms with van der Waals surface area (Å²) in [5, 5.41) is 6.84. The number of piperidine rings is 1. The van der Waals surface area contributed by atoms with Crippen molar-refractivity contribution >= 4 is 17.2 Å². The molecule has 0 radical (unpaired) electrons. The minimum Gasteiger partial charge on any atom is -0.342 e. The second-order valence-electron chi connectivity index (χ2n) is 6.63. The normalized spacial score (nSPS) is 15.9. The van der Waals surface area contributed by atoms with Crippen molar-refractivity contribution in [2.24, 2.45) is 5.92 Å². The van der Waals surface area contributed by atoms with E-state index in [1.807, 2.05) is 36.9 Å². The number of hydrogen-bond donors (Lipinski definition) is 1. The predicted octanol–water partition coefficient (Wildman–Crippen LogP) is 3.55. The smallest absolute Gasteiger partial charge is 0.225 e. The highest BCUT2D eigenvalue weighted by Gasteiger charge is 2.24. The first-order valence-electron chi connectivity index (χ1n) is 8.65. The Bertz CT molecular complexity index is 660. The van der Waals surface area contributed by atoms with Gasteiger partial charge in [0, 0.05) is 42.5 Å². The van der Waals surface area contributed by atoms with Gasteiger partial charge in [-0.05, 0) is 12.8 Å². The first-order valence-corrected chi connectivity index (χ1v) is 9.53. The standard InChI is InChI=1S/C19H25N3OS/c1-14(2)19(23)22-10-8-16(9-11-22)20-12-18-21-17(13-24-18)15-6-4-3-5-7-15/h3-7,13-14,16,20H,8-12H2,1-2H3. The van der Waals surface area contributed by atoms with Gasteiger partial charge in [0.25, 0.3) is 0 Å². The van der Waals surface area contributed by atoms with Crippen molar-refractivity contribution < 1.29 is 4.79 Å². The fourth-order valence-electron chi connectivity index (χ4n) is 3.03. The molecule has 1 aliphatic rings. The van der Waals surface area contributed by atoms with Crippen LogP contribution < -0.4 is 5.32 Å². The van der Waals surface area contributed by atoms with E-state index < -0.39 is 0 Å². The van der Waals surface area contributed by atoms with Gasteiger partial charge < -0.3 is 10.2 Å². The van der Waals surface area contributed by atoms with Gasteiger partial charge in [-0.25, -0.2) is 4.98 Å². The van der Waals surface area contributed by atoms with Crippen LogP contribution in [0.5, 0.6) is 0 Å². The molecule has 4 nitrogen and oxygen atoms in total. The van der Waals surface area contributed by atoms with Crippen LogP contribution in [-0.2, 0) is 11.3 Å². The molecule has 5 heteroatoms. The second kappa shape index (κ2) is 7.90. The number of nitrogens with zero attached hydrogens (tertiary/aromatic N) is 2. The van der Waals surface area contributed by atoms with E-state index in [1.54, 1.807) is 11.3 Å². The summed E-state index contributed by atoms with van der Waals surface area (Å²) in [7, 11) is 0. The summed E-state index contributed by atoms with van der Waals surface area (Å²) in [5.74, 6) is 0.377. The summed E-state index contributed by atoms with van der Waals surface area (Å²) in [6.45, 7) is 6.48. The number of rotatable bonds is 5. The van der Waals surface area contributed by atoms with Crippen molar-refractivity contribution in [2.75, 3.05) is 13.1 Å². The number of carbonyl (C=O) groups is 1. The molecule has 2 heterocycles. The van der Waals surface area contributed by atoms with Crippen molar-refractivity contribution in [3.05, 3.63) is 40.7 Å². The van der Waals surface area contributed by atoms with E-state index in [0.717, 1.165) is 43.2 Å². The first kappa shape index (κ1) is 17.1. The van der Waals surface area contributed by atoms with Gasteiger partial charge in [0.15, 0.2) is 0 Å². The molecule has 0 saturated carbocycles. The van der Waals surface area contributed by atoms with Crippen molar-refractivity contribution in [3.63, 3.8) is 0 Å². The van der Waals surface area contributed by atoms with Crippen LogP contribution in [0.2, 0.25) is 0 Å². The summed E-state index contributed by atoms with van der Waals surface area (Å²) < 4.78 is 0.